The smallest absolute Gasteiger partial charge is 0.421 e. The van der Waals surface area contributed by atoms with Crippen LogP contribution in [-0.4, -0.2) is 75.8 Å². The third-order valence-corrected chi connectivity index (χ3v) is 7.46. The fourth-order valence-corrected chi connectivity index (χ4v) is 5.31. The van der Waals surface area contributed by atoms with E-state index in [9.17, 15) is 17.6 Å². The average molecular weight is 497 g/mol. The first-order valence-electron chi connectivity index (χ1n) is 11.9. The number of rotatable bonds is 2. The van der Waals surface area contributed by atoms with E-state index in [0.29, 0.717) is 30.4 Å². The molecule has 0 radical (unpaired) electrons. The van der Waals surface area contributed by atoms with Gasteiger partial charge in [0.1, 0.15) is 23.2 Å². The van der Waals surface area contributed by atoms with Crippen LogP contribution in [0.25, 0.3) is 0 Å². The number of alkyl halides is 4. The Morgan fingerprint density at radius 1 is 1.14 bits per heavy atom. The highest BCUT2D eigenvalue weighted by Crippen LogP contribution is 2.42. The first-order chi connectivity index (χ1) is 16.8. The zero-order valence-corrected chi connectivity index (χ0v) is 19.2. The minimum Gasteiger partial charge on any atom is -0.487 e. The van der Waals surface area contributed by atoms with Gasteiger partial charge in [0.05, 0.1) is 31.9 Å². The summed E-state index contributed by atoms with van der Waals surface area (Å²) in [6, 6.07) is -0.680. The van der Waals surface area contributed by atoms with E-state index in [1.165, 1.54) is 0 Å². The zero-order valence-electron chi connectivity index (χ0n) is 19.2. The lowest BCUT2D eigenvalue weighted by Crippen LogP contribution is -2.41. The number of ether oxygens (including phenoxy) is 2. The molecule has 0 amide bonds. The molecule has 5 heterocycles. The van der Waals surface area contributed by atoms with Crippen LogP contribution in [0.15, 0.2) is 6.20 Å². The van der Waals surface area contributed by atoms with E-state index in [0.717, 1.165) is 25.5 Å². The molecule has 0 spiro atoms. The molecule has 2 bridgehead atoms. The first kappa shape index (κ1) is 22.8. The van der Waals surface area contributed by atoms with E-state index in [2.05, 4.69) is 25.7 Å². The van der Waals surface area contributed by atoms with Gasteiger partial charge < -0.3 is 20.1 Å². The van der Waals surface area contributed by atoms with E-state index < -0.39 is 30.0 Å². The Hall–Kier alpha value is -2.67. The van der Waals surface area contributed by atoms with Gasteiger partial charge in [0.2, 0.25) is 5.95 Å². The van der Waals surface area contributed by atoms with Crippen LogP contribution >= 0.6 is 0 Å². The van der Waals surface area contributed by atoms with Crippen molar-refractivity contribution >= 4 is 17.6 Å². The highest BCUT2D eigenvalue weighted by Gasteiger charge is 2.44. The Balaban J connectivity index is 1.40. The Kier molecular flexibility index (Phi) is 5.51. The average Bonchev–Trinajstić information content (AvgIpc) is 3.42. The number of halogens is 4. The maximum Gasteiger partial charge on any atom is 0.421 e. The maximum atomic E-state index is 14.4. The summed E-state index contributed by atoms with van der Waals surface area (Å²) in [4.78, 5) is 10.1. The van der Waals surface area contributed by atoms with Gasteiger partial charge in [-0.2, -0.15) is 23.3 Å². The van der Waals surface area contributed by atoms with Gasteiger partial charge in [0.15, 0.2) is 11.6 Å². The summed E-state index contributed by atoms with van der Waals surface area (Å²) in [6.45, 7) is 3.17. The molecule has 1 aliphatic carbocycles. The summed E-state index contributed by atoms with van der Waals surface area (Å²) in [6.07, 6.45) is -1.97. The lowest BCUT2D eigenvalue weighted by atomic mass is 9.93. The van der Waals surface area contributed by atoms with Crippen molar-refractivity contribution in [2.75, 3.05) is 43.5 Å². The van der Waals surface area contributed by atoms with E-state index in [1.807, 2.05) is 16.5 Å². The summed E-state index contributed by atoms with van der Waals surface area (Å²) in [5.74, 6) is 0.584. The van der Waals surface area contributed by atoms with Crippen molar-refractivity contribution in [3.63, 3.8) is 0 Å². The lowest BCUT2D eigenvalue weighted by Gasteiger charge is -2.27. The Labute approximate surface area is 199 Å². The standard InChI is InChI=1S/C22H27F4N7O2/c1-11-18-20(33(31-11)13-3-2-4-13)30-21-27-5-14(22(24,25)26)19(29-21)28-16-7-32(6-12(16)8-35-18)17-10-34-9-15(17)23/h5,12-13,15-17H,2-4,6-10H2,1H3,(H2,27,28,29,30)/t12-,15?,16+,17?/m1/s1. The van der Waals surface area contributed by atoms with Gasteiger partial charge in [-0.25, -0.2) is 14.1 Å². The van der Waals surface area contributed by atoms with Gasteiger partial charge in [-0.1, -0.05) is 0 Å². The largest absolute Gasteiger partial charge is 0.487 e. The number of aryl methyl sites for hydroxylation is 1. The van der Waals surface area contributed by atoms with E-state index in [1.54, 1.807) is 0 Å². The van der Waals surface area contributed by atoms with Crippen molar-refractivity contribution in [2.24, 2.45) is 5.92 Å². The Morgan fingerprint density at radius 3 is 2.66 bits per heavy atom. The molecule has 2 aromatic rings. The lowest BCUT2D eigenvalue weighted by molar-refractivity contribution is -0.137. The number of likely N-dealkylation sites (tertiary alicyclic amines) is 1. The van der Waals surface area contributed by atoms with Crippen LogP contribution in [0.1, 0.15) is 36.6 Å². The second-order valence-electron chi connectivity index (χ2n) is 9.77. The summed E-state index contributed by atoms with van der Waals surface area (Å²) in [7, 11) is 0. The molecule has 3 aliphatic heterocycles. The number of fused-ring (bicyclic) bond motifs is 4. The van der Waals surface area contributed by atoms with E-state index in [-0.39, 0.29) is 43.5 Å². The van der Waals surface area contributed by atoms with Crippen LogP contribution in [0.5, 0.6) is 5.75 Å². The van der Waals surface area contributed by atoms with Crippen LogP contribution < -0.4 is 15.4 Å². The second kappa shape index (κ2) is 8.47. The topological polar surface area (TPSA) is 89.4 Å². The summed E-state index contributed by atoms with van der Waals surface area (Å²) >= 11 is 0. The van der Waals surface area contributed by atoms with Crippen LogP contribution in [-0.2, 0) is 10.9 Å². The second-order valence-corrected chi connectivity index (χ2v) is 9.77. The number of nitrogens with one attached hydrogen (secondary N) is 2. The predicted molar refractivity (Wildman–Crippen MR) is 118 cm³/mol. The molecule has 2 N–H and O–H groups in total. The molecule has 9 nitrogen and oxygen atoms in total. The third kappa shape index (κ3) is 4.07. The van der Waals surface area contributed by atoms with Gasteiger partial charge in [-0.3, -0.25) is 4.90 Å². The molecule has 4 aliphatic rings. The molecule has 4 atom stereocenters. The van der Waals surface area contributed by atoms with Crippen LogP contribution in [0, 0.1) is 12.8 Å². The minimum atomic E-state index is -4.63. The summed E-state index contributed by atoms with van der Waals surface area (Å²) in [5, 5.41) is 10.7. The molecular weight excluding hydrogens is 470 g/mol. The highest BCUT2D eigenvalue weighted by molar-refractivity contribution is 5.62. The molecule has 13 heteroatoms. The zero-order chi connectivity index (χ0) is 24.3. The molecule has 2 unspecified atom stereocenters. The van der Waals surface area contributed by atoms with E-state index in [4.69, 9.17) is 9.47 Å². The molecule has 1 saturated carbocycles. The van der Waals surface area contributed by atoms with Crippen LogP contribution in [0.4, 0.5) is 35.1 Å². The summed E-state index contributed by atoms with van der Waals surface area (Å²) in [5.41, 5.74) is -0.268. The van der Waals surface area contributed by atoms with Gasteiger partial charge in [-0.05, 0) is 26.2 Å². The Bertz CT molecular complexity index is 1110. The molecule has 35 heavy (non-hydrogen) atoms. The van der Waals surface area contributed by atoms with Gasteiger partial charge in [-0.15, -0.1) is 0 Å². The van der Waals surface area contributed by atoms with Gasteiger partial charge in [0, 0.05) is 31.2 Å². The first-order valence-corrected chi connectivity index (χ1v) is 11.9. The van der Waals surface area contributed by atoms with Gasteiger partial charge >= 0.3 is 6.18 Å². The van der Waals surface area contributed by atoms with E-state index >= 15 is 0 Å². The molecule has 2 aromatic heterocycles. The maximum absolute atomic E-state index is 14.4. The predicted octanol–water partition coefficient (Wildman–Crippen LogP) is 3.31. The molecule has 190 valence electrons. The minimum absolute atomic E-state index is 0.0205. The highest BCUT2D eigenvalue weighted by atomic mass is 19.4. The number of anilines is 3. The van der Waals surface area contributed by atoms with Crippen molar-refractivity contribution in [3.8, 4) is 5.75 Å². The van der Waals surface area contributed by atoms with Crippen LogP contribution in [0.2, 0.25) is 0 Å². The third-order valence-electron chi connectivity index (χ3n) is 7.46. The fraction of sp³-hybridized carbons (Fsp3) is 0.682. The number of nitrogens with zero attached hydrogens (tertiary/aromatic N) is 5. The normalized spacial score (nSPS) is 29.3. The fourth-order valence-electron chi connectivity index (χ4n) is 5.31. The Morgan fingerprint density at radius 2 is 1.97 bits per heavy atom. The number of hydrogen-bond donors (Lipinski definition) is 2. The number of hydrogen-bond acceptors (Lipinski definition) is 8. The quantitative estimate of drug-likeness (QED) is 0.611. The molecule has 2 saturated heterocycles. The van der Waals surface area contributed by atoms with Gasteiger partial charge in [0.25, 0.3) is 0 Å². The SMILES string of the molecule is Cc1nn(C2CCC2)c2c1OC[C@H]1CN(C3COCC3F)C[C@@H]1Nc1nc(ncc1C(F)(F)F)N2. The van der Waals surface area contributed by atoms with Crippen molar-refractivity contribution in [3.05, 3.63) is 17.5 Å². The van der Waals surface area contributed by atoms with Crippen molar-refractivity contribution < 1.29 is 27.0 Å². The molecule has 3 fully saturated rings. The van der Waals surface area contributed by atoms with Crippen LogP contribution in [0.3, 0.4) is 0 Å². The number of aromatic nitrogens is 4. The molecule has 6 rings (SSSR count). The van der Waals surface area contributed by atoms with Crippen molar-refractivity contribution in [1.82, 2.24) is 24.6 Å². The monoisotopic (exact) mass is 497 g/mol. The summed E-state index contributed by atoms with van der Waals surface area (Å²) < 4.78 is 69.2. The van der Waals surface area contributed by atoms with Crippen molar-refractivity contribution in [1.29, 1.82) is 0 Å². The van der Waals surface area contributed by atoms with Crippen molar-refractivity contribution in [2.45, 2.75) is 56.7 Å². The molecule has 0 aromatic carbocycles. The molecular formula is C22H27F4N7O2.